The number of allylic oxidation sites excluding steroid dienone is 3. The van der Waals surface area contributed by atoms with Gasteiger partial charge < -0.3 is 20.3 Å². The molecule has 71 heavy (non-hydrogen) atoms. The SMILES string of the molecule is CCCCCCCCCCCCCCCCCCCCC/C=C/C(O)C(CO)NC(=O)CCCCCCC/C=C\CCCCCCCCCCCOC(=O)CCCCCCCCCCCCCCCCC. The molecule has 0 aliphatic carbocycles. The number of carbonyl (C=O) groups is 2. The van der Waals surface area contributed by atoms with Crippen LogP contribution in [0.4, 0.5) is 0 Å². The summed E-state index contributed by atoms with van der Waals surface area (Å²) < 4.78 is 5.48. The molecule has 0 saturated heterocycles. The van der Waals surface area contributed by atoms with Crippen molar-refractivity contribution in [3.8, 4) is 0 Å². The molecule has 1 amide bonds. The van der Waals surface area contributed by atoms with Gasteiger partial charge in [-0.2, -0.15) is 0 Å². The number of aliphatic hydroxyl groups is 2. The molecule has 0 aromatic heterocycles. The van der Waals surface area contributed by atoms with E-state index in [1.165, 1.54) is 270 Å². The van der Waals surface area contributed by atoms with E-state index in [1.54, 1.807) is 6.08 Å². The van der Waals surface area contributed by atoms with E-state index in [0.717, 1.165) is 57.8 Å². The number of carbonyl (C=O) groups excluding carboxylic acids is 2. The van der Waals surface area contributed by atoms with Crippen LogP contribution in [0.15, 0.2) is 24.3 Å². The normalized spacial score (nSPS) is 12.7. The van der Waals surface area contributed by atoms with Crippen molar-refractivity contribution < 1.29 is 24.5 Å². The van der Waals surface area contributed by atoms with Crippen LogP contribution in [0, 0.1) is 0 Å². The molecule has 0 aromatic carbocycles. The molecule has 0 aliphatic heterocycles. The van der Waals surface area contributed by atoms with Crippen LogP contribution in [0.25, 0.3) is 0 Å². The van der Waals surface area contributed by atoms with E-state index in [9.17, 15) is 19.8 Å². The second-order valence-corrected chi connectivity index (χ2v) is 22.1. The van der Waals surface area contributed by atoms with Crippen molar-refractivity contribution in [2.24, 2.45) is 0 Å². The third-order valence-corrected chi connectivity index (χ3v) is 15.0. The molecule has 0 heterocycles. The van der Waals surface area contributed by atoms with E-state index in [4.69, 9.17) is 4.74 Å². The summed E-state index contributed by atoms with van der Waals surface area (Å²) in [6.45, 7) is 4.92. The van der Waals surface area contributed by atoms with Gasteiger partial charge in [-0.05, 0) is 57.8 Å². The Morgan fingerprint density at radius 1 is 0.380 bits per heavy atom. The van der Waals surface area contributed by atoms with E-state index in [1.807, 2.05) is 6.08 Å². The lowest BCUT2D eigenvalue weighted by Gasteiger charge is -2.20. The average molecular weight is 1000 g/mol. The van der Waals surface area contributed by atoms with Crippen molar-refractivity contribution in [3.63, 3.8) is 0 Å². The fraction of sp³-hybridized carbons (Fsp3) is 0.908. The van der Waals surface area contributed by atoms with Gasteiger partial charge >= 0.3 is 5.97 Å². The summed E-state index contributed by atoms with van der Waals surface area (Å²) in [7, 11) is 0. The Bertz CT molecular complexity index is 1110. The van der Waals surface area contributed by atoms with E-state index in [-0.39, 0.29) is 18.5 Å². The van der Waals surface area contributed by atoms with Gasteiger partial charge in [0, 0.05) is 12.8 Å². The zero-order valence-electron chi connectivity index (χ0n) is 48.0. The number of hydrogen-bond acceptors (Lipinski definition) is 5. The van der Waals surface area contributed by atoms with Crippen molar-refractivity contribution in [2.45, 2.75) is 366 Å². The smallest absolute Gasteiger partial charge is 0.305 e. The number of rotatable bonds is 60. The summed E-state index contributed by atoms with van der Waals surface area (Å²) >= 11 is 0. The Hall–Kier alpha value is -1.66. The van der Waals surface area contributed by atoms with Crippen molar-refractivity contribution >= 4 is 11.9 Å². The predicted molar refractivity (Wildman–Crippen MR) is 310 cm³/mol. The number of esters is 1. The first kappa shape index (κ1) is 69.3. The lowest BCUT2D eigenvalue weighted by Crippen LogP contribution is -2.45. The molecular formula is C65H125NO5. The first-order chi connectivity index (χ1) is 35.0. The molecule has 0 fully saturated rings. The monoisotopic (exact) mass is 1000 g/mol. The van der Waals surface area contributed by atoms with Crippen LogP contribution in [-0.2, 0) is 14.3 Å². The lowest BCUT2D eigenvalue weighted by atomic mass is 10.0. The van der Waals surface area contributed by atoms with E-state index in [2.05, 4.69) is 31.3 Å². The van der Waals surface area contributed by atoms with Gasteiger partial charge in [0.05, 0.1) is 25.4 Å². The molecule has 0 radical (unpaired) electrons. The molecule has 6 nitrogen and oxygen atoms in total. The lowest BCUT2D eigenvalue weighted by molar-refractivity contribution is -0.143. The molecule has 0 rings (SSSR count). The summed E-state index contributed by atoms with van der Waals surface area (Å²) in [4.78, 5) is 24.6. The van der Waals surface area contributed by atoms with Crippen LogP contribution < -0.4 is 5.32 Å². The average Bonchev–Trinajstić information content (AvgIpc) is 3.37. The minimum atomic E-state index is -0.854. The first-order valence-corrected chi connectivity index (χ1v) is 32.1. The quantitative estimate of drug-likeness (QED) is 0.0320. The minimum absolute atomic E-state index is 0.00565. The summed E-state index contributed by atoms with van der Waals surface area (Å²) in [6.07, 6.45) is 75.0. The summed E-state index contributed by atoms with van der Waals surface area (Å²) in [5, 5.41) is 23.2. The molecule has 0 saturated carbocycles. The van der Waals surface area contributed by atoms with Crippen molar-refractivity contribution in [2.75, 3.05) is 13.2 Å². The van der Waals surface area contributed by atoms with Gasteiger partial charge in [-0.1, -0.05) is 308 Å². The number of aliphatic hydroxyl groups excluding tert-OH is 2. The standard InChI is InChI=1S/C65H125NO5/c1-3-5-7-9-11-13-15-17-19-20-21-22-23-26-30-33-37-41-45-49-53-57-63(68)62(61-67)66-64(69)58-54-50-46-42-38-34-31-27-24-25-28-32-36-40-44-48-52-56-60-71-65(70)59-55-51-47-43-39-35-29-18-16-14-12-10-8-6-4-2/h27,31,53,57,62-63,67-68H,3-26,28-30,32-52,54-56,58-61H2,1-2H3,(H,66,69)/b31-27-,57-53+. The van der Waals surface area contributed by atoms with Gasteiger partial charge in [0.1, 0.15) is 0 Å². The van der Waals surface area contributed by atoms with Gasteiger partial charge in [-0.15, -0.1) is 0 Å². The van der Waals surface area contributed by atoms with Crippen molar-refractivity contribution in [3.05, 3.63) is 24.3 Å². The van der Waals surface area contributed by atoms with Crippen LogP contribution in [-0.4, -0.2) is 47.4 Å². The van der Waals surface area contributed by atoms with Crippen LogP contribution in [0.3, 0.4) is 0 Å². The number of unbranched alkanes of at least 4 members (excludes halogenated alkanes) is 47. The van der Waals surface area contributed by atoms with Gasteiger partial charge in [-0.25, -0.2) is 0 Å². The Balaban J connectivity index is 3.47. The van der Waals surface area contributed by atoms with Crippen LogP contribution in [0.2, 0.25) is 0 Å². The highest BCUT2D eigenvalue weighted by Crippen LogP contribution is 2.18. The molecule has 2 unspecified atom stereocenters. The molecule has 6 heteroatoms. The fourth-order valence-electron chi connectivity index (χ4n) is 10.0. The molecule has 420 valence electrons. The van der Waals surface area contributed by atoms with Crippen molar-refractivity contribution in [1.29, 1.82) is 0 Å². The third-order valence-electron chi connectivity index (χ3n) is 15.0. The number of nitrogens with one attached hydrogen (secondary N) is 1. The summed E-state index contributed by atoms with van der Waals surface area (Å²) in [6, 6.07) is -0.639. The Morgan fingerprint density at radius 3 is 1.00 bits per heavy atom. The third kappa shape index (κ3) is 57.5. The number of ether oxygens (including phenoxy) is 1. The Labute approximate surface area is 443 Å². The predicted octanol–water partition coefficient (Wildman–Crippen LogP) is 20.2. The maximum absolute atomic E-state index is 12.5. The van der Waals surface area contributed by atoms with E-state index >= 15 is 0 Å². The van der Waals surface area contributed by atoms with Crippen LogP contribution in [0.1, 0.15) is 354 Å². The van der Waals surface area contributed by atoms with E-state index in [0.29, 0.717) is 19.4 Å². The maximum Gasteiger partial charge on any atom is 0.305 e. The van der Waals surface area contributed by atoms with Gasteiger partial charge in [0.15, 0.2) is 0 Å². The van der Waals surface area contributed by atoms with Crippen molar-refractivity contribution in [1.82, 2.24) is 5.32 Å². The van der Waals surface area contributed by atoms with E-state index < -0.39 is 12.1 Å². The number of amides is 1. The van der Waals surface area contributed by atoms with Gasteiger partial charge in [-0.3, -0.25) is 9.59 Å². The Kier molecular flexibility index (Phi) is 59.5. The minimum Gasteiger partial charge on any atom is -0.466 e. The molecule has 0 spiro atoms. The van der Waals surface area contributed by atoms with Crippen LogP contribution >= 0.6 is 0 Å². The fourth-order valence-corrected chi connectivity index (χ4v) is 10.0. The molecular weight excluding hydrogens is 875 g/mol. The largest absolute Gasteiger partial charge is 0.466 e. The highest BCUT2D eigenvalue weighted by atomic mass is 16.5. The number of hydrogen-bond donors (Lipinski definition) is 3. The summed E-state index contributed by atoms with van der Waals surface area (Å²) in [5.41, 5.74) is 0. The molecule has 2 atom stereocenters. The first-order valence-electron chi connectivity index (χ1n) is 32.1. The highest BCUT2D eigenvalue weighted by Gasteiger charge is 2.18. The molecule has 3 N–H and O–H groups in total. The molecule has 0 aromatic rings. The zero-order chi connectivity index (χ0) is 51.4. The van der Waals surface area contributed by atoms with Gasteiger partial charge in [0.25, 0.3) is 0 Å². The Morgan fingerprint density at radius 2 is 0.662 bits per heavy atom. The zero-order valence-corrected chi connectivity index (χ0v) is 48.0. The maximum atomic E-state index is 12.5. The van der Waals surface area contributed by atoms with Gasteiger partial charge in [0.2, 0.25) is 5.91 Å². The molecule has 0 aliphatic rings. The molecule has 0 bridgehead atoms. The summed E-state index contributed by atoms with van der Waals surface area (Å²) in [5.74, 6) is -0.0733. The second kappa shape index (κ2) is 60.9. The second-order valence-electron chi connectivity index (χ2n) is 22.1. The highest BCUT2D eigenvalue weighted by molar-refractivity contribution is 5.76. The topological polar surface area (TPSA) is 95.9 Å². The van der Waals surface area contributed by atoms with Crippen LogP contribution in [0.5, 0.6) is 0 Å².